The molecular formula is C16H21N7O3. The number of nitrogens with zero attached hydrogens (tertiary/aromatic N) is 5. The minimum absolute atomic E-state index is 0.0683. The van der Waals surface area contributed by atoms with Gasteiger partial charge in [-0.1, -0.05) is 0 Å². The van der Waals surface area contributed by atoms with Gasteiger partial charge in [0.2, 0.25) is 0 Å². The number of rotatable bonds is 6. The molecule has 0 aliphatic carbocycles. The smallest absolute Gasteiger partial charge is 0.308 e. The van der Waals surface area contributed by atoms with Crippen LogP contribution in [0.1, 0.15) is 30.0 Å². The normalized spacial score (nSPS) is 13.7. The molecule has 3 heterocycles. The van der Waals surface area contributed by atoms with Crippen molar-refractivity contribution in [1.29, 1.82) is 0 Å². The van der Waals surface area contributed by atoms with Crippen LogP contribution in [0.2, 0.25) is 0 Å². The zero-order valence-corrected chi connectivity index (χ0v) is 14.8. The fourth-order valence-electron chi connectivity index (χ4n) is 2.52. The Balaban J connectivity index is 1.85. The van der Waals surface area contributed by atoms with Gasteiger partial charge < -0.3 is 20.6 Å². The molecule has 2 unspecified atom stereocenters. The van der Waals surface area contributed by atoms with Crippen LogP contribution in [0.25, 0.3) is 6.01 Å². The van der Waals surface area contributed by atoms with Gasteiger partial charge in [0.15, 0.2) is 0 Å². The number of ether oxygens (including phenoxy) is 1. The van der Waals surface area contributed by atoms with E-state index in [4.69, 9.17) is 20.6 Å². The van der Waals surface area contributed by atoms with E-state index in [0.717, 1.165) is 0 Å². The maximum Gasteiger partial charge on any atom is 0.308 e. The van der Waals surface area contributed by atoms with Crippen LogP contribution in [0.5, 0.6) is 0 Å². The number of pyridine rings is 1. The Bertz CT molecular complexity index is 957. The zero-order chi connectivity index (χ0) is 18.8. The minimum Gasteiger partial charge on any atom is -0.431 e. The predicted octanol–water partition coefficient (Wildman–Crippen LogP) is 0.450. The number of aryl methyl sites for hydroxylation is 2. The van der Waals surface area contributed by atoms with Gasteiger partial charge in [-0.25, -0.2) is 4.57 Å². The highest BCUT2D eigenvalue weighted by Gasteiger charge is 2.21. The Morgan fingerprint density at radius 1 is 1.42 bits per heavy atom. The molecule has 3 rings (SSSR count). The molecule has 0 aliphatic rings. The van der Waals surface area contributed by atoms with Gasteiger partial charge in [0.1, 0.15) is 18.1 Å². The number of nitrogen functional groups attached to an aromatic ring is 1. The number of oxazole rings is 1. The molecule has 4 N–H and O–H groups in total. The summed E-state index contributed by atoms with van der Waals surface area (Å²) in [6, 6.07) is 1.41. The summed E-state index contributed by atoms with van der Waals surface area (Å²) in [4.78, 5) is 17.9. The summed E-state index contributed by atoms with van der Waals surface area (Å²) >= 11 is 0. The maximum absolute atomic E-state index is 12.3. The molecule has 10 heteroatoms. The van der Waals surface area contributed by atoms with E-state index in [1.54, 1.807) is 32.4 Å². The summed E-state index contributed by atoms with van der Waals surface area (Å²) in [5.74, 6) is 0. The lowest BCUT2D eigenvalue weighted by atomic mass is 10.1. The summed E-state index contributed by atoms with van der Waals surface area (Å²) in [7, 11) is 1.72. The van der Waals surface area contributed by atoms with Crippen molar-refractivity contribution >= 4 is 5.69 Å². The number of aromatic nitrogens is 5. The third-order valence-electron chi connectivity index (χ3n) is 3.73. The molecule has 0 saturated carbocycles. The molecule has 0 aliphatic heterocycles. The first kappa shape index (κ1) is 17.8. The average molecular weight is 359 g/mol. The van der Waals surface area contributed by atoms with Crippen LogP contribution in [0.4, 0.5) is 5.69 Å². The highest BCUT2D eigenvalue weighted by Crippen LogP contribution is 2.20. The molecule has 0 aromatic carbocycles. The lowest BCUT2D eigenvalue weighted by Crippen LogP contribution is -2.28. The molecule has 26 heavy (non-hydrogen) atoms. The van der Waals surface area contributed by atoms with Gasteiger partial charge in [-0.05, 0) is 25.5 Å². The molecule has 138 valence electrons. The Kier molecular flexibility index (Phi) is 4.87. The summed E-state index contributed by atoms with van der Waals surface area (Å²) in [6.45, 7) is 3.76. The number of anilines is 1. The second kappa shape index (κ2) is 7.10. The average Bonchev–Trinajstić information content (AvgIpc) is 3.19. The number of nitrogens with two attached hydrogens (primary N) is 2. The predicted molar refractivity (Wildman–Crippen MR) is 93.4 cm³/mol. The van der Waals surface area contributed by atoms with Crippen molar-refractivity contribution in [1.82, 2.24) is 24.5 Å². The molecule has 0 saturated heterocycles. The zero-order valence-electron chi connectivity index (χ0n) is 14.8. The Morgan fingerprint density at radius 2 is 2.19 bits per heavy atom. The van der Waals surface area contributed by atoms with E-state index < -0.39 is 11.7 Å². The molecular weight excluding hydrogens is 338 g/mol. The Labute approximate surface area is 149 Å². The monoisotopic (exact) mass is 359 g/mol. The first-order valence-corrected chi connectivity index (χ1v) is 8.02. The van der Waals surface area contributed by atoms with Crippen molar-refractivity contribution in [2.75, 3.05) is 5.73 Å². The van der Waals surface area contributed by atoms with Crippen LogP contribution in [-0.4, -0.2) is 30.6 Å². The third-order valence-corrected chi connectivity index (χ3v) is 3.73. The van der Waals surface area contributed by atoms with Crippen molar-refractivity contribution < 1.29 is 9.15 Å². The SMILES string of the molecule is Cc1coc(-n2cc(COC(c3cnn(C)n3)C(C)N)cc(N)c2=O)n1. The van der Waals surface area contributed by atoms with Crippen LogP contribution in [0.15, 0.2) is 33.9 Å². The molecule has 3 aromatic heterocycles. The van der Waals surface area contributed by atoms with Gasteiger partial charge in [0.05, 0.1) is 24.2 Å². The topological polar surface area (TPSA) is 140 Å². The summed E-state index contributed by atoms with van der Waals surface area (Å²) < 4.78 is 12.5. The van der Waals surface area contributed by atoms with E-state index in [1.165, 1.54) is 15.6 Å². The molecule has 3 aromatic rings. The van der Waals surface area contributed by atoms with E-state index in [9.17, 15) is 4.79 Å². The molecule has 0 bridgehead atoms. The van der Waals surface area contributed by atoms with Gasteiger partial charge in [0, 0.05) is 19.3 Å². The lowest BCUT2D eigenvalue weighted by molar-refractivity contribution is 0.0226. The summed E-state index contributed by atoms with van der Waals surface area (Å²) in [6.07, 6.45) is 4.20. The molecule has 0 fully saturated rings. The van der Waals surface area contributed by atoms with Crippen molar-refractivity contribution in [3.8, 4) is 6.01 Å². The van der Waals surface area contributed by atoms with Crippen LogP contribution in [-0.2, 0) is 18.4 Å². The first-order valence-electron chi connectivity index (χ1n) is 8.02. The van der Waals surface area contributed by atoms with E-state index >= 15 is 0 Å². The quantitative estimate of drug-likeness (QED) is 0.646. The van der Waals surface area contributed by atoms with Gasteiger partial charge >= 0.3 is 6.01 Å². The Hall–Kier alpha value is -2.98. The molecule has 0 amide bonds. The largest absolute Gasteiger partial charge is 0.431 e. The van der Waals surface area contributed by atoms with Crippen LogP contribution in [0.3, 0.4) is 0 Å². The van der Waals surface area contributed by atoms with Crippen molar-refractivity contribution in [3.63, 3.8) is 0 Å². The van der Waals surface area contributed by atoms with E-state index in [2.05, 4.69) is 15.2 Å². The molecule has 2 atom stereocenters. The summed E-state index contributed by atoms with van der Waals surface area (Å²) in [5, 5.41) is 8.28. The highest BCUT2D eigenvalue weighted by molar-refractivity contribution is 5.39. The lowest BCUT2D eigenvalue weighted by Gasteiger charge is -2.19. The van der Waals surface area contributed by atoms with Crippen molar-refractivity contribution in [2.45, 2.75) is 32.6 Å². The first-order chi connectivity index (χ1) is 12.3. The van der Waals surface area contributed by atoms with Crippen LogP contribution in [0, 0.1) is 6.92 Å². The van der Waals surface area contributed by atoms with Crippen molar-refractivity contribution in [3.05, 3.63) is 52.0 Å². The third kappa shape index (κ3) is 3.65. The van der Waals surface area contributed by atoms with Crippen LogP contribution >= 0.6 is 0 Å². The maximum atomic E-state index is 12.3. The van der Waals surface area contributed by atoms with Gasteiger partial charge in [-0.3, -0.25) is 4.79 Å². The van der Waals surface area contributed by atoms with Gasteiger partial charge in [0.25, 0.3) is 5.56 Å². The van der Waals surface area contributed by atoms with Crippen LogP contribution < -0.4 is 17.0 Å². The van der Waals surface area contributed by atoms with E-state index in [1.807, 2.05) is 6.92 Å². The van der Waals surface area contributed by atoms with E-state index in [-0.39, 0.29) is 24.4 Å². The Morgan fingerprint density at radius 3 is 2.77 bits per heavy atom. The van der Waals surface area contributed by atoms with Gasteiger partial charge in [-0.15, -0.1) is 0 Å². The van der Waals surface area contributed by atoms with Gasteiger partial charge in [-0.2, -0.15) is 20.0 Å². The molecule has 0 radical (unpaired) electrons. The second-order valence-electron chi connectivity index (χ2n) is 6.10. The standard InChI is InChI=1S/C16H21N7O3/c1-9-7-26-16(20-9)23-6-11(4-12(18)15(23)24)8-25-14(10(2)17)13-5-19-22(3)21-13/h4-7,10,14H,8,17-18H2,1-3H3. The van der Waals surface area contributed by atoms with E-state index in [0.29, 0.717) is 17.0 Å². The fourth-order valence-corrected chi connectivity index (χ4v) is 2.52. The second-order valence-corrected chi connectivity index (χ2v) is 6.10. The number of hydrogen-bond donors (Lipinski definition) is 2. The molecule has 10 nitrogen and oxygen atoms in total. The highest BCUT2D eigenvalue weighted by atomic mass is 16.5. The number of hydrogen-bond acceptors (Lipinski definition) is 8. The molecule has 0 spiro atoms. The van der Waals surface area contributed by atoms with Crippen molar-refractivity contribution in [2.24, 2.45) is 12.8 Å². The minimum atomic E-state index is -0.450. The summed E-state index contributed by atoms with van der Waals surface area (Å²) in [5.41, 5.74) is 13.5. The fraction of sp³-hybridized carbons (Fsp3) is 0.375.